The van der Waals surface area contributed by atoms with Crippen molar-refractivity contribution in [3.8, 4) is 5.75 Å². The number of carboxylic acid groups (broad SMARTS) is 2. The van der Waals surface area contributed by atoms with Crippen LogP contribution in [0.2, 0.25) is 5.02 Å². The van der Waals surface area contributed by atoms with Crippen LogP contribution in [0.1, 0.15) is 48.1 Å². The summed E-state index contributed by atoms with van der Waals surface area (Å²) < 4.78 is 6.22. The third-order valence-corrected chi connectivity index (χ3v) is 8.16. The Labute approximate surface area is 264 Å². The Morgan fingerprint density at radius 3 is 2.32 bits per heavy atom. The fraction of sp³-hybridized carbons (Fsp3) is 0.353. The van der Waals surface area contributed by atoms with Crippen LogP contribution in [0, 0.1) is 0 Å². The van der Waals surface area contributed by atoms with Gasteiger partial charge in [-0.2, -0.15) is 0 Å². The lowest BCUT2D eigenvalue weighted by molar-refractivity contribution is -0.131. The van der Waals surface area contributed by atoms with E-state index in [-0.39, 0.29) is 12.6 Å². The Morgan fingerprint density at radius 1 is 0.977 bits per heavy atom. The number of halogens is 1. The van der Waals surface area contributed by atoms with Crippen LogP contribution in [0.25, 0.3) is 5.57 Å². The summed E-state index contributed by atoms with van der Waals surface area (Å²) in [5.74, 6) is 5.08. The van der Waals surface area contributed by atoms with E-state index in [1.165, 1.54) is 17.2 Å². The molecule has 234 valence electrons. The van der Waals surface area contributed by atoms with Crippen molar-refractivity contribution in [2.75, 3.05) is 45.9 Å². The molecule has 1 saturated heterocycles. The van der Waals surface area contributed by atoms with Gasteiger partial charge in [-0.25, -0.2) is 20.4 Å². The highest BCUT2D eigenvalue weighted by Crippen LogP contribution is 2.31. The molecule has 0 spiro atoms. The van der Waals surface area contributed by atoms with E-state index in [2.05, 4.69) is 46.2 Å². The molecule has 1 unspecified atom stereocenters. The summed E-state index contributed by atoms with van der Waals surface area (Å²) in [6.45, 7) is 6.90. The number of amides is 1. The molecule has 4 rings (SSSR count). The van der Waals surface area contributed by atoms with Crippen molar-refractivity contribution >= 4 is 29.2 Å². The highest BCUT2D eigenvalue weighted by Gasteiger charge is 2.26. The Bertz CT molecular complexity index is 1410. The second-order valence-electron chi connectivity index (χ2n) is 11.0. The number of hydrogen-bond acceptors (Lipinski definition) is 6. The molecule has 1 aliphatic heterocycles. The number of unbranched alkanes of at least 4 members (excludes halogenated alkanes) is 1. The largest absolute Gasteiger partial charge is 0.492 e. The number of piperazine rings is 1. The van der Waals surface area contributed by atoms with Gasteiger partial charge in [0.05, 0.1) is 6.04 Å². The molecule has 3 aromatic rings. The third kappa shape index (κ3) is 9.56. The van der Waals surface area contributed by atoms with Crippen LogP contribution in [-0.4, -0.2) is 83.0 Å². The fourth-order valence-corrected chi connectivity index (χ4v) is 5.69. The SMILES string of the molecule is C/C(=C\C(=O)O)c1cc(CCCCN(N)C(=O)O)ccc1OCCN1CCN(C(c2ccccc2)c2ccc(Cl)cc2)CC1. The van der Waals surface area contributed by atoms with E-state index in [1.54, 1.807) is 6.92 Å². The minimum Gasteiger partial charge on any atom is -0.492 e. The van der Waals surface area contributed by atoms with Crippen molar-refractivity contribution in [3.63, 3.8) is 0 Å². The molecule has 0 aliphatic carbocycles. The van der Waals surface area contributed by atoms with Gasteiger partial charge in [-0.3, -0.25) is 9.80 Å². The molecule has 0 saturated carbocycles. The van der Waals surface area contributed by atoms with Crippen LogP contribution in [0.15, 0.2) is 78.9 Å². The minimum atomic E-state index is -1.15. The molecular weight excluding hydrogens is 580 g/mol. The number of aliphatic carboxylic acids is 1. The fourth-order valence-electron chi connectivity index (χ4n) is 5.56. The van der Waals surface area contributed by atoms with E-state index < -0.39 is 12.1 Å². The smallest absolute Gasteiger partial charge is 0.421 e. The van der Waals surface area contributed by atoms with E-state index in [9.17, 15) is 14.7 Å². The molecule has 44 heavy (non-hydrogen) atoms. The quantitative estimate of drug-likeness (QED) is 0.0681. The Morgan fingerprint density at radius 2 is 1.66 bits per heavy atom. The molecule has 1 fully saturated rings. The van der Waals surface area contributed by atoms with Gasteiger partial charge < -0.3 is 14.9 Å². The van der Waals surface area contributed by atoms with E-state index in [1.807, 2.05) is 36.4 Å². The normalized spacial score (nSPS) is 15.1. The second-order valence-corrected chi connectivity index (χ2v) is 11.5. The topological polar surface area (TPSA) is 120 Å². The summed E-state index contributed by atoms with van der Waals surface area (Å²) in [4.78, 5) is 27.2. The molecule has 1 amide bonds. The average Bonchev–Trinajstić information content (AvgIpc) is 3.01. The lowest BCUT2D eigenvalue weighted by atomic mass is 9.96. The second kappa shape index (κ2) is 16.3. The van der Waals surface area contributed by atoms with Gasteiger partial charge in [-0.1, -0.05) is 60.1 Å². The monoisotopic (exact) mass is 620 g/mol. The maximum atomic E-state index is 11.4. The van der Waals surface area contributed by atoms with Crippen molar-refractivity contribution < 1.29 is 24.5 Å². The first-order chi connectivity index (χ1) is 21.2. The number of nitrogens with zero attached hydrogens (tertiary/aromatic N) is 3. The Balaban J connectivity index is 1.34. The van der Waals surface area contributed by atoms with E-state index in [4.69, 9.17) is 27.3 Å². The van der Waals surface area contributed by atoms with Gasteiger partial charge in [0, 0.05) is 55.9 Å². The number of nitrogens with two attached hydrogens (primary N) is 1. The number of carbonyl (C=O) groups is 2. The number of ether oxygens (including phenoxy) is 1. The number of hydrazine groups is 1. The Hall–Kier alpha value is -3.89. The summed E-state index contributed by atoms with van der Waals surface area (Å²) in [6.07, 6.45) is 2.12. The number of hydrogen-bond donors (Lipinski definition) is 3. The first kappa shape index (κ1) is 33.0. The number of aryl methyl sites for hydroxylation is 1. The van der Waals surface area contributed by atoms with Crippen LogP contribution in [0.3, 0.4) is 0 Å². The van der Waals surface area contributed by atoms with Crippen LogP contribution in [-0.2, 0) is 11.2 Å². The van der Waals surface area contributed by atoms with Crippen LogP contribution in [0.5, 0.6) is 5.75 Å². The van der Waals surface area contributed by atoms with Gasteiger partial charge >= 0.3 is 12.1 Å². The molecule has 1 heterocycles. The molecule has 4 N–H and O–H groups in total. The van der Waals surface area contributed by atoms with Crippen LogP contribution >= 0.6 is 11.6 Å². The van der Waals surface area contributed by atoms with Gasteiger partial charge in [0.25, 0.3) is 0 Å². The Kier molecular flexibility index (Phi) is 12.2. The molecule has 1 atom stereocenters. The molecule has 9 nitrogen and oxygen atoms in total. The minimum absolute atomic E-state index is 0.156. The first-order valence-electron chi connectivity index (χ1n) is 14.9. The molecule has 0 radical (unpaired) electrons. The van der Waals surface area contributed by atoms with E-state index >= 15 is 0 Å². The molecule has 0 bridgehead atoms. The zero-order valence-corrected chi connectivity index (χ0v) is 25.8. The van der Waals surface area contributed by atoms with Gasteiger partial charge in [-0.05, 0) is 72.7 Å². The molecular formula is C34H41ClN4O5. The van der Waals surface area contributed by atoms with Crippen molar-refractivity contribution in [2.45, 2.75) is 32.2 Å². The van der Waals surface area contributed by atoms with Gasteiger partial charge in [-0.15, -0.1) is 0 Å². The summed E-state index contributed by atoms with van der Waals surface area (Å²) in [5, 5.41) is 19.8. The maximum absolute atomic E-state index is 11.4. The van der Waals surface area contributed by atoms with E-state index in [0.29, 0.717) is 30.8 Å². The third-order valence-electron chi connectivity index (χ3n) is 7.91. The van der Waals surface area contributed by atoms with Crippen LogP contribution < -0.4 is 10.6 Å². The van der Waals surface area contributed by atoms with Crippen LogP contribution in [0.4, 0.5) is 4.79 Å². The van der Waals surface area contributed by atoms with Crippen molar-refractivity contribution in [1.82, 2.24) is 14.8 Å². The highest BCUT2D eigenvalue weighted by molar-refractivity contribution is 6.30. The molecule has 10 heteroatoms. The zero-order chi connectivity index (χ0) is 31.5. The lowest BCUT2D eigenvalue weighted by Gasteiger charge is -2.39. The van der Waals surface area contributed by atoms with E-state index in [0.717, 1.165) is 60.3 Å². The summed E-state index contributed by atoms with van der Waals surface area (Å²) >= 11 is 6.18. The molecule has 0 aromatic heterocycles. The summed E-state index contributed by atoms with van der Waals surface area (Å²) in [7, 11) is 0. The summed E-state index contributed by atoms with van der Waals surface area (Å²) in [6, 6.07) is 24.7. The molecule has 1 aliphatic rings. The predicted molar refractivity (Wildman–Crippen MR) is 173 cm³/mol. The lowest BCUT2D eigenvalue weighted by Crippen LogP contribution is -2.48. The molecule has 3 aromatic carbocycles. The van der Waals surface area contributed by atoms with Crippen molar-refractivity contribution in [2.24, 2.45) is 5.84 Å². The zero-order valence-electron chi connectivity index (χ0n) is 25.1. The van der Waals surface area contributed by atoms with Gasteiger partial charge in [0.15, 0.2) is 0 Å². The highest BCUT2D eigenvalue weighted by atomic mass is 35.5. The van der Waals surface area contributed by atoms with Gasteiger partial charge in [0.2, 0.25) is 0 Å². The number of carboxylic acids is 1. The number of benzene rings is 3. The van der Waals surface area contributed by atoms with Gasteiger partial charge in [0.1, 0.15) is 12.4 Å². The number of allylic oxidation sites excluding steroid dienone is 1. The van der Waals surface area contributed by atoms with Crippen molar-refractivity contribution in [1.29, 1.82) is 0 Å². The summed E-state index contributed by atoms with van der Waals surface area (Å²) in [5.41, 5.74) is 4.86. The number of rotatable bonds is 14. The standard InChI is InChI=1S/C34H41ClN4O5/c1-25(23-32(40)41)30-24-26(7-5-6-16-39(36)34(42)43)10-15-31(30)44-22-21-37-17-19-38(20-18-37)33(27-8-3-2-4-9-27)28-11-13-29(35)14-12-28/h2-4,8-15,23-24,33H,5-7,16-22,36H2,1H3,(H,40,41)(H,42,43)/b25-23+. The average molecular weight is 621 g/mol. The first-order valence-corrected chi connectivity index (χ1v) is 15.3. The predicted octanol–water partition coefficient (Wildman–Crippen LogP) is 5.79. The van der Waals surface area contributed by atoms with Crippen molar-refractivity contribution in [3.05, 3.63) is 106 Å². The maximum Gasteiger partial charge on any atom is 0.421 e.